The van der Waals surface area contributed by atoms with E-state index in [0.29, 0.717) is 22.6 Å². The number of nitrogens with zero attached hydrogens (tertiary/aromatic N) is 1. The van der Waals surface area contributed by atoms with E-state index in [4.69, 9.17) is 9.47 Å². The van der Waals surface area contributed by atoms with Crippen LogP contribution >= 0.6 is 11.3 Å². The zero-order valence-electron chi connectivity index (χ0n) is 17.2. The normalized spacial score (nSPS) is 17.8. The molecule has 0 radical (unpaired) electrons. The standard InChI is InChI=1S/C23H21FN2O4S/c1-26-21(19-9-6-10-31-19)20(22(27)25-16-8-5-4-7-15(16)24)13-11-17(29-2)18(30-3)12-14(13)23(26)28/h4-12,20-21H,1-3H3,(H,25,27)/t20-,21+/m1/s1. The van der Waals surface area contributed by atoms with Crippen molar-refractivity contribution in [2.24, 2.45) is 0 Å². The molecule has 4 rings (SSSR count). The van der Waals surface area contributed by atoms with Crippen molar-refractivity contribution >= 4 is 28.8 Å². The molecule has 3 aromatic rings. The summed E-state index contributed by atoms with van der Waals surface area (Å²) in [6, 6.07) is 12.4. The third kappa shape index (κ3) is 3.63. The topological polar surface area (TPSA) is 67.9 Å². The molecule has 1 aliphatic heterocycles. The number of benzene rings is 2. The number of ether oxygens (including phenoxy) is 2. The summed E-state index contributed by atoms with van der Waals surface area (Å²) in [5.74, 6) is -1.16. The molecule has 0 unspecified atom stereocenters. The molecule has 1 aliphatic rings. The summed E-state index contributed by atoms with van der Waals surface area (Å²) >= 11 is 1.45. The zero-order chi connectivity index (χ0) is 22.1. The monoisotopic (exact) mass is 440 g/mol. The third-order valence-electron chi connectivity index (χ3n) is 5.42. The summed E-state index contributed by atoms with van der Waals surface area (Å²) in [5, 5.41) is 4.59. The molecule has 2 aromatic carbocycles. The maximum absolute atomic E-state index is 14.2. The van der Waals surface area contributed by atoms with E-state index in [1.165, 1.54) is 37.7 Å². The second kappa shape index (κ2) is 8.39. The number of anilines is 1. The molecule has 0 saturated heterocycles. The van der Waals surface area contributed by atoms with E-state index in [1.807, 2.05) is 17.5 Å². The summed E-state index contributed by atoms with van der Waals surface area (Å²) in [6.45, 7) is 0. The summed E-state index contributed by atoms with van der Waals surface area (Å²) in [6.07, 6.45) is 0. The van der Waals surface area contributed by atoms with Crippen LogP contribution in [0.2, 0.25) is 0 Å². The predicted octanol–water partition coefficient (Wildman–Crippen LogP) is 4.45. The van der Waals surface area contributed by atoms with Crippen LogP contribution in [0.1, 0.15) is 32.8 Å². The minimum absolute atomic E-state index is 0.0824. The minimum Gasteiger partial charge on any atom is -0.493 e. The lowest BCUT2D eigenvalue weighted by Gasteiger charge is -2.39. The van der Waals surface area contributed by atoms with Gasteiger partial charge in [0.05, 0.1) is 31.9 Å². The second-order valence-corrected chi connectivity index (χ2v) is 8.10. The van der Waals surface area contributed by atoms with Gasteiger partial charge in [-0.15, -0.1) is 11.3 Å². The van der Waals surface area contributed by atoms with Gasteiger partial charge in [-0.05, 0) is 41.3 Å². The highest BCUT2D eigenvalue weighted by Gasteiger charge is 2.44. The largest absolute Gasteiger partial charge is 0.493 e. The lowest BCUT2D eigenvalue weighted by atomic mass is 9.81. The van der Waals surface area contributed by atoms with Gasteiger partial charge in [0, 0.05) is 17.5 Å². The van der Waals surface area contributed by atoms with Gasteiger partial charge in [-0.3, -0.25) is 9.59 Å². The van der Waals surface area contributed by atoms with Crippen molar-refractivity contribution in [2.45, 2.75) is 12.0 Å². The van der Waals surface area contributed by atoms with Gasteiger partial charge in [0.1, 0.15) is 5.82 Å². The molecule has 1 N–H and O–H groups in total. The van der Waals surface area contributed by atoms with Gasteiger partial charge in [-0.25, -0.2) is 4.39 Å². The molecule has 0 bridgehead atoms. The maximum atomic E-state index is 14.2. The highest BCUT2D eigenvalue weighted by Crippen LogP contribution is 2.46. The Morgan fingerprint density at radius 2 is 1.81 bits per heavy atom. The van der Waals surface area contributed by atoms with Crippen molar-refractivity contribution in [3.8, 4) is 11.5 Å². The number of carbonyl (C=O) groups is 2. The number of para-hydroxylation sites is 1. The van der Waals surface area contributed by atoms with Crippen molar-refractivity contribution in [3.63, 3.8) is 0 Å². The van der Waals surface area contributed by atoms with E-state index in [0.717, 1.165) is 4.88 Å². The molecule has 2 atom stereocenters. The highest BCUT2D eigenvalue weighted by atomic mass is 32.1. The summed E-state index contributed by atoms with van der Waals surface area (Å²) < 4.78 is 25.0. The van der Waals surface area contributed by atoms with Crippen molar-refractivity contribution < 1.29 is 23.5 Å². The smallest absolute Gasteiger partial charge is 0.254 e. The number of carbonyl (C=O) groups excluding carboxylic acids is 2. The van der Waals surface area contributed by atoms with Gasteiger partial charge in [-0.1, -0.05) is 18.2 Å². The number of hydrogen-bond acceptors (Lipinski definition) is 5. The predicted molar refractivity (Wildman–Crippen MR) is 116 cm³/mol. The van der Waals surface area contributed by atoms with Crippen LogP contribution in [-0.4, -0.2) is 38.0 Å². The van der Waals surface area contributed by atoms with Crippen molar-refractivity contribution in [1.82, 2.24) is 4.90 Å². The van der Waals surface area contributed by atoms with Crippen molar-refractivity contribution in [3.05, 3.63) is 75.7 Å². The van der Waals surface area contributed by atoms with Gasteiger partial charge in [0.2, 0.25) is 5.91 Å². The number of amides is 2. The van der Waals surface area contributed by atoms with E-state index in [-0.39, 0.29) is 11.6 Å². The third-order valence-corrected chi connectivity index (χ3v) is 6.37. The van der Waals surface area contributed by atoms with Crippen LogP contribution in [0.25, 0.3) is 0 Å². The molecule has 2 amide bonds. The number of halogens is 1. The maximum Gasteiger partial charge on any atom is 0.254 e. The fraction of sp³-hybridized carbons (Fsp3) is 0.217. The van der Waals surface area contributed by atoms with Crippen molar-refractivity contribution in [2.75, 3.05) is 26.6 Å². The van der Waals surface area contributed by atoms with Gasteiger partial charge in [0.25, 0.3) is 5.91 Å². The molecular weight excluding hydrogens is 419 g/mol. The molecule has 0 fully saturated rings. The Labute approximate surface area is 183 Å². The first kappa shape index (κ1) is 20.9. The Bertz CT molecular complexity index is 1130. The van der Waals surface area contributed by atoms with Gasteiger partial charge in [0.15, 0.2) is 11.5 Å². The van der Waals surface area contributed by atoms with Crippen LogP contribution in [0.5, 0.6) is 11.5 Å². The fourth-order valence-corrected chi connectivity index (χ4v) is 4.82. The molecule has 0 spiro atoms. The number of nitrogens with one attached hydrogen (secondary N) is 1. The quantitative estimate of drug-likeness (QED) is 0.636. The molecule has 31 heavy (non-hydrogen) atoms. The van der Waals surface area contributed by atoms with Crippen LogP contribution in [0.4, 0.5) is 10.1 Å². The van der Waals surface area contributed by atoms with Crippen LogP contribution in [0.3, 0.4) is 0 Å². The first-order chi connectivity index (χ1) is 15.0. The van der Waals surface area contributed by atoms with Crippen LogP contribution in [0, 0.1) is 5.82 Å². The molecule has 8 heteroatoms. The summed E-state index contributed by atoms with van der Waals surface area (Å²) in [7, 11) is 4.64. The molecule has 0 saturated carbocycles. The van der Waals surface area contributed by atoms with E-state index in [9.17, 15) is 14.0 Å². The molecule has 2 heterocycles. The number of hydrogen-bond donors (Lipinski definition) is 1. The Morgan fingerprint density at radius 3 is 2.45 bits per heavy atom. The van der Waals surface area contributed by atoms with Gasteiger partial charge >= 0.3 is 0 Å². The fourth-order valence-electron chi connectivity index (χ4n) is 3.92. The lowest BCUT2D eigenvalue weighted by molar-refractivity contribution is -0.119. The average molecular weight is 440 g/mol. The number of thiophene rings is 1. The molecule has 0 aliphatic carbocycles. The number of likely N-dealkylation sites (N-methyl/N-ethyl adjacent to an activating group) is 1. The molecule has 1 aromatic heterocycles. The lowest BCUT2D eigenvalue weighted by Crippen LogP contribution is -2.43. The molecule has 160 valence electrons. The SMILES string of the molecule is COc1cc2c(cc1OC)[C@@H](C(=O)Nc1ccccc1F)[C@H](c1cccs1)N(C)C2=O. The van der Waals surface area contributed by atoms with Crippen LogP contribution in [0.15, 0.2) is 53.9 Å². The highest BCUT2D eigenvalue weighted by molar-refractivity contribution is 7.10. The number of fused-ring (bicyclic) bond motifs is 1. The first-order valence-corrected chi connectivity index (χ1v) is 10.5. The van der Waals surface area contributed by atoms with E-state index in [2.05, 4.69) is 5.32 Å². The number of methoxy groups -OCH3 is 2. The van der Waals surface area contributed by atoms with Crippen molar-refractivity contribution in [1.29, 1.82) is 0 Å². The van der Waals surface area contributed by atoms with Crippen LogP contribution in [-0.2, 0) is 4.79 Å². The molecular formula is C23H21FN2O4S. The summed E-state index contributed by atoms with van der Waals surface area (Å²) in [4.78, 5) is 29.1. The Hall–Kier alpha value is -3.39. The average Bonchev–Trinajstić information content (AvgIpc) is 3.31. The van der Waals surface area contributed by atoms with E-state index < -0.39 is 23.7 Å². The Balaban J connectivity index is 1.87. The Kier molecular flexibility index (Phi) is 5.65. The Morgan fingerprint density at radius 1 is 1.10 bits per heavy atom. The summed E-state index contributed by atoms with van der Waals surface area (Å²) in [5.41, 5.74) is 0.939. The first-order valence-electron chi connectivity index (χ1n) is 9.58. The van der Waals surface area contributed by atoms with Gasteiger partial charge < -0.3 is 19.7 Å². The minimum atomic E-state index is -0.782. The second-order valence-electron chi connectivity index (χ2n) is 7.12. The van der Waals surface area contributed by atoms with E-state index in [1.54, 1.807) is 36.2 Å². The zero-order valence-corrected chi connectivity index (χ0v) is 18.0. The van der Waals surface area contributed by atoms with E-state index >= 15 is 0 Å². The van der Waals surface area contributed by atoms with Crippen LogP contribution < -0.4 is 14.8 Å². The van der Waals surface area contributed by atoms with Gasteiger partial charge in [-0.2, -0.15) is 0 Å². The number of rotatable bonds is 5. The molecule has 6 nitrogen and oxygen atoms in total.